The standard InChI is InChI=1S/C15H20ClNO3/c1-10-8-13-14(9-12(10)16)20-11(2)15(18)17(13)6-4-5-7-19-3/h8-9,11H,4-7H2,1-3H3. The molecule has 1 heterocycles. The third-order valence-corrected chi connectivity index (χ3v) is 3.84. The molecule has 0 fully saturated rings. The Morgan fingerprint density at radius 3 is 2.85 bits per heavy atom. The summed E-state index contributed by atoms with van der Waals surface area (Å²) in [5.41, 5.74) is 1.76. The topological polar surface area (TPSA) is 38.8 Å². The van der Waals surface area contributed by atoms with Gasteiger partial charge in [-0.3, -0.25) is 4.79 Å². The molecule has 0 saturated carbocycles. The van der Waals surface area contributed by atoms with Gasteiger partial charge in [-0.15, -0.1) is 0 Å². The molecular formula is C15H20ClNO3. The van der Waals surface area contributed by atoms with Gasteiger partial charge in [0.1, 0.15) is 5.75 Å². The number of unbranched alkanes of at least 4 members (excludes halogenated alkanes) is 1. The van der Waals surface area contributed by atoms with Gasteiger partial charge in [0.2, 0.25) is 0 Å². The molecule has 110 valence electrons. The normalized spacial score (nSPS) is 17.9. The fourth-order valence-electron chi connectivity index (χ4n) is 2.28. The van der Waals surface area contributed by atoms with Crippen molar-refractivity contribution in [3.8, 4) is 5.75 Å². The summed E-state index contributed by atoms with van der Waals surface area (Å²) in [6.45, 7) is 5.07. The number of anilines is 1. The molecule has 1 aromatic rings. The largest absolute Gasteiger partial charge is 0.479 e. The minimum absolute atomic E-state index is 0.00311. The molecule has 1 aliphatic rings. The number of benzene rings is 1. The number of methoxy groups -OCH3 is 1. The van der Waals surface area contributed by atoms with E-state index in [1.807, 2.05) is 13.0 Å². The lowest BCUT2D eigenvalue weighted by Crippen LogP contribution is -2.45. The third kappa shape index (κ3) is 3.07. The van der Waals surface area contributed by atoms with Crippen LogP contribution in [0.3, 0.4) is 0 Å². The number of halogens is 1. The zero-order valence-corrected chi connectivity index (χ0v) is 12.9. The quantitative estimate of drug-likeness (QED) is 0.784. The van der Waals surface area contributed by atoms with Gasteiger partial charge in [0.25, 0.3) is 5.91 Å². The second-order valence-corrected chi connectivity index (χ2v) is 5.43. The molecule has 0 bridgehead atoms. The summed E-state index contributed by atoms with van der Waals surface area (Å²) in [5.74, 6) is 0.677. The van der Waals surface area contributed by atoms with Crippen molar-refractivity contribution in [1.29, 1.82) is 0 Å². The zero-order valence-electron chi connectivity index (χ0n) is 12.1. The second kappa shape index (κ2) is 6.46. The Kier molecular flexibility index (Phi) is 4.89. The molecule has 1 amide bonds. The van der Waals surface area contributed by atoms with E-state index in [2.05, 4.69) is 0 Å². The van der Waals surface area contributed by atoms with Gasteiger partial charge < -0.3 is 14.4 Å². The van der Waals surface area contributed by atoms with Crippen LogP contribution in [-0.2, 0) is 9.53 Å². The van der Waals surface area contributed by atoms with Crippen LogP contribution < -0.4 is 9.64 Å². The van der Waals surface area contributed by atoms with Crippen LogP contribution in [0, 0.1) is 6.92 Å². The van der Waals surface area contributed by atoms with E-state index >= 15 is 0 Å². The molecule has 1 aromatic carbocycles. The van der Waals surface area contributed by atoms with Crippen LogP contribution in [-0.4, -0.2) is 32.3 Å². The first kappa shape index (κ1) is 15.1. The third-order valence-electron chi connectivity index (χ3n) is 3.43. The van der Waals surface area contributed by atoms with Crippen molar-refractivity contribution >= 4 is 23.2 Å². The highest BCUT2D eigenvalue weighted by atomic mass is 35.5. The van der Waals surface area contributed by atoms with Gasteiger partial charge in [0.15, 0.2) is 6.10 Å². The van der Waals surface area contributed by atoms with Crippen LogP contribution in [0.4, 0.5) is 5.69 Å². The molecule has 20 heavy (non-hydrogen) atoms. The van der Waals surface area contributed by atoms with Gasteiger partial charge in [-0.05, 0) is 38.3 Å². The number of nitrogens with zero attached hydrogens (tertiary/aromatic N) is 1. The van der Waals surface area contributed by atoms with E-state index < -0.39 is 6.10 Å². The van der Waals surface area contributed by atoms with E-state index in [4.69, 9.17) is 21.1 Å². The highest BCUT2D eigenvalue weighted by molar-refractivity contribution is 6.31. The molecule has 0 aliphatic carbocycles. The van der Waals surface area contributed by atoms with E-state index in [9.17, 15) is 4.79 Å². The Balaban J connectivity index is 2.22. The molecule has 0 spiro atoms. The van der Waals surface area contributed by atoms with Crippen molar-refractivity contribution in [2.45, 2.75) is 32.8 Å². The van der Waals surface area contributed by atoms with E-state index in [1.54, 1.807) is 25.0 Å². The van der Waals surface area contributed by atoms with E-state index in [0.29, 0.717) is 23.9 Å². The summed E-state index contributed by atoms with van der Waals surface area (Å²) in [6, 6.07) is 3.70. The Hall–Kier alpha value is -1.26. The predicted octanol–water partition coefficient (Wildman–Crippen LogP) is 3.19. The van der Waals surface area contributed by atoms with E-state index in [0.717, 1.165) is 24.1 Å². The minimum Gasteiger partial charge on any atom is -0.479 e. The molecular weight excluding hydrogens is 278 g/mol. The number of hydrogen-bond donors (Lipinski definition) is 0. The lowest BCUT2D eigenvalue weighted by molar-refractivity contribution is -0.125. The van der Waals surface area contributed by atoms with Gasteiger partial charge in [0.05, 0.1) is 5.69 Å². The summed E-state index contributed by atoms with van der Waals surface area (Å²) in [6.07, 6.45) is 1.36. The number of amides is 1. The predicted molar refractivity (Wildman–Crippen MR) is 79.7 cm³/mol. The molecule has 4 nitrogen and oxygen atoms in total. The first-order valence-corrected chi connectivity index (χ1v) is 7.19. The van der Waals surface area contributed by atoms with Crippen LogP contribution in [0.2, 0.25) is 5.02 Å². The number of aryl methyl sites for hydroxylation is 1. The average Bonchev–Trinajstić information content (AvgIpc) is 2.41. The molecule has 0 radical (unpaired) electrons. The van der Waals surface area contributed by atoms with Crippen molar-refractivity contribution in [1.82, 2.24) is 0 Å². The summed E-state index contributed by atoms with van der Waals surface area (Å²) < 4.78 is 10.7. The van der Waals surface area contributed by atoms with Crippen LogP contribution in [0.25, 0.3) is 0 Å². The minimum atomic E-state index is -0.469. The maximum Gasteiger partial charge on any atom is 0.267 e. The van der Waals surface area contributed by atoms with Crippen LogP contribution >= 0.6 is 11.6 Å². The van der Waals surface area contributed by atoms with Gasteiger partial charge in [-0.2, -0.15) is 0 Å². The fraction of sp³-hybridized carbons (Fsp3) is 0.533. The second-order valence-electron chi connectivity index (χ2n) is 5.02. The maximum absolute atomic E-state index is 12.3. The average molecular weight is 298 g/mol. The Morgan fingerprint density at radius 1 is 1.40 bits per heavy atom. The first-order chi connectivity index (χ1) is 9.54. The Morgan fingerprint density at radius 2 is 2.15 bits per heavy atom. The van der Waals surface area contributed by atoms with Crippen molar-refractivity contribution in [2.24, 2.45) is 0 Å². The molecule has 0 saturated heterocycles. The molecule has 0 N–H and O–H groups in total. The number of ether oxygens (including phenoxy) is 2. The number of carbonyl (C=O) groups is 1. The number of carbonyl (C=O) groups excluding carboxylic acids is 1. The lowest BCUT2D eigenvalue weighted by Gasteiger charge is -2.33. The maximum atomic E-state index is 12.3. The van der Waals surface area contributed by atoms with E-state index in [-0.39, 0.29) is 5.91 Å². The Bertz CT molecular complexity index is 504. The van der Waals surface area contributed by atoms with Gasteiger partial charge in [-0.25, -0.2) is 0 Å². The molecule has 1 atom stereocenters. The van der Waals surface area contributed by atoms with Crippen molar-refractivity contribution in [3.63, 3.8) is 0 Å². The summed E-state index contributed by atoms with van der Waals surface area (Å²) in [7, 11) is 1.68. The smallest absolute Gasteiger partial charge is 0.267 e. The summed E-state index contributed by atoms with van der Waals surface area (Å²) >= 11 is 6.12. The van der Waals surface area contributed by atoms with Gasteiger partial charge >= 0.3 is 0 Å². The Labute approximate surface area is 124 Å². The molecule has 1 aliphatic heterocycles. The molecule has 0 aromatic heterocycles. The first-order valence-electron chi connectivity index (χ1n) is 6.81. The molecule has 5 heteroatoms. The molecule has 2 rings (SSSR count). The van der Waals surface area contributed by atoms with Crippen molar-refractivity contribution in [3.05, 3.63) is 22.7 Å². The van der Waals surface area contributed by atoms with E-state index in [1.165, 1.54) is 0 Å². The fourth-order valence-corrected chi connectivity index (χ4v) is 2.43. The number of rotatable bonds is 5. The highest BCUT2D eigenvalue weighted by Crippen LogP contribution is 2.38. The number of hydrogen-bond acceptors (Lipinski definition) is 3. The summed E-state index contributed by atoms with van der Waals surface area (Å²) in [5, 5.41) is 0.657. The van der Waals surface area contributed by atoms with Crippen molar-refractivity contribution in [2.75, 3.05) is 25.2 Å². The number of fused-ring (bicyclic) bond motifs is 1. The monoisotopic (exact) mass is 297 g/mol. The SMILES string of the molecule is COCCCCN1C(=O)C(C)Oc2cc(Cl)c(C)cc21. The highest BCUT2D eigenvalue weighted by Gasteiger charge is 2.31. The molecule has 1 unspecified atom stereocenters. The zero-order chi connectivity index (χ0) is 14.7. The van der Waals surface area contributed by atoms with Gasteiger partial charge in [0, 0.05) is 31.4 Å². The van der Waals surface area contributed by atoms with Crippen molar-refractivity contribution < 1.29 is 14.3 Å². The van der Waals surface area contributed by atoms with Gasteiger partial charge in [-0.1, -0.05) is 11.6 Å². The lowest BCUT2D eigenvalue weighted by atomic mass is 10.1. The van der Waals surface area contributed by atoms with Crippen LogP contribution in [0.15, 0.2) is 12.1 Å². The van der Waals surface area contributed by atoms with Crippen LogP contribution in [0.5, 0.6) is 5.75 Å². The summed E-state index contributed by atoms with van der Waals surface area (Å²) in [4.78, 5) is 14.1. The van der Waals surface area contributed by atoms with Crippen LogP contribution in [0.1, 0.15) is 25.3 Å².